The Labute approximate surface area is 157 Å². The summed E-state index contributed by atoms with van der Waals surface area (Å²) in [7, 11) is -3.60. The average molecular weight is 408 g/mol. The first-order chi connectivity index (χ1) is 10.9. The zero-order valence-corrected chi connectivity index (χ0v) is 16.5. The van der Waals surface area contributed by atoms with Gasteiger partial charge in [-0.3, -0.25) is 0 Å². The van der Waals surface area contributed by atoms with Gasteiger partial charge in [-0.05, 0) is 25.5 Å². The van der Waals surface area contributed by atoms with Crippen molar-refractivity contribution in [1.29, 1.82) is 0 Å². The van der Waals surface area contributed by atoms with E-state index in [2.05, 4.69) is 10.3 Å². The van der Waals surface area contributed by atoms with E-state index in [4.69, 9.17) is 11.6 Å². The van der Waals surface area contributed by atoms with E-state index in [1.165, 1.54) is 11.3 Å². The Hall–Kier alpha value is -0.700. The third kappa shape index (κ3) is 3.61. The molecule has 2 heterocycles. The van der Waals surface area contributed by atoms with E-state index in [-0.39, 0.29) is 18.4 Å². The molecule has 132 valence electrons. The van der Waals surface area contributed by atoms with E-state index >= 15 is 0 Å². The van der Waals surface area contributed by atoms with Crippen LogP contribution < -0.4 is 5.32 Å². The summed E-state index contributed by atoms with van der Waals surface area (Å²) in [4.78, 5) is 4.26. The quantitative estimate of drug-likeness (QED) is 0.848. The number of sulfonamides is 1. The molecule has 1 fully saturated rings. The summed E-state index contributed by atoms with van der Waals surface area (Å²) >= 11 is 7.52. The highest BCUT2D eigenvalue weighted by molar-refractivity contribution is 7.91. The van der Waals surface area contributed by atoms with E-state index in [9.17, 15) is 8.42 Å². The molecule has 1 aromatic carbocycles. The van der Waals surface area contributed by atoms with Gasteiger partial charge >= 0.3 is 0 Å². The van der Waals surface area contributed by atoms with Gasteiger partial charge in [0, 0.05) is 24.7 Å². The highest BCUT2D eigenvalue weighted by Gasteiger charge is 2.37. The summed E-state index contributed by atoms with van der Waals surface area (Å²) in [6.45, 7) is 5.13. The van der Waals surface area contributed by atoms with Crippen LogP contribution in [-0.4, -0.2) is 37.3 Å². The lowest BCUT2D eigenvalue weighted by molar-refractivity contribution is 0.272. The molecule has 0 radical (unpaired) electrons. The summed E-state index contributed by atoms with van der Waals surface area (Å²) in [5.41, 5.74) is 1.38. The van der Waals surface area contributed by atoms with Crippen molar-refractivity contribution in [2.75, 3.05) is 19.6 Å². The molecule has 1 aliphatic rings. The van der Waals surface area contributed by atoms with Gasteiger partial charge in [-0.2, -0.15) is 4.31 Å². The topological polar surface area (TPSA) is 62.3 Å². The highest BCUT2D eigenvalue weighted by atomic mass is 35.5. The Morgan fingerprint density at radius 2 is 2.04 bits per heavy atom. The number of nitrogens with zero attached hydrogens (tertiary/aromatic N) is 2. The Balaban J connectivity index is 0.00000208. The number of aromatic nitrogens is 1. The van der Waals surface area contributed by atoms with Crippen molar-refractivity contribution >= 4 is 45.4 Å². The maximum atomic E-state index is 13.1. The Bertz CT molecular complexity index is 824. The highest BCUT2D eigenvalue weighted by Crippen LogP contribution is 2.35. The maximum Gasteiger partial charge on any atom is 0.255 e. The smallest absolute Gasteiger partial charge is 0.255 e. The molecule has 1 aromatic heterocycles. The average Bonchev–Trinajstić information content (AvgIpc) is 2.87. The summed E-state index contributed by atoms with van der Waals surface area (Å²) in [5.74, 6) is 0. The minimum Gasteiger partial charge on any atom is -0.313 e. The number of halogens is 2. The molecular formula is C15H19Cl2N3O2S2. The van der Waals surface area contributed by atoms with Crippen molar-refractivity contribution in [2.24, 2.45) is 0 Å². The van der Waals surface area contributed by atoms with Gasteiger partial charge in [-0.25, -0.2) is 13.4 Å². The number of rotatable bonds is 3. The third-order valence-corrected chi connectivity index (χ3v) is 7.77. The molecule has 3 rings (SSSR count). The van der Waals surface area contributed by atoms with E-state index in [0.717, 1.165) is 10.6 Å². The molecule has 0 saturated carbocycles. The molecule has 5 nitrogen and oxygen atoms in total. The molecule has 1 atom stereocenters. The predicted octanol–water partition coefficient (Wildman–Crippen LogP) is 3.17. The second-order valence-electron chi connectivity index (χ2n) is 5.46. The van der Waals surface area contributed by atoms with Crippen molar-refractivity contribution in [1.82, 2.24) is 14.6 Å². The van der Waals surface area contributed by atoms with Crippen LogP contribution in [-0.2, 0) is 10.0 Å². The molecule has 0 amide bonds. The lowest BCUT2D eigenvalue weighted by atomic mass is 10.1. The summed E-state index contributed by atoms with van der Waals surface area (Å²) < 4.78 is 28.2. The van der Waals surface area contributed by atoms with Crippen LogP contribution in [0.5, 0.6) is 0 Å². The van der Waals surface area contributed by atoms with Crippen molar-refractivity contribution in [3.8, 4) is 0 Å². The standard InChI is InChI=1S/C15H18ClN3O2S2.ClH/c1-10-15(22-11(2)18-10)23(20,21)19-8-7-17-9-14(19)12-5-3-4-6-13(12)16;/h3-6,14,17H,7-9H2,1-2H3;1H. The Kier molecular flexibility index (Phi) is 6.28. The second kappa shape index (κ2) is 7.68. The molecule has 1 unspecified atom stereocenters. The van der Waals surface area contributed by atoms with E-state index in [0.29, 0.717) is 34.6 Å². The molecule has 1 saturated heterocycles. The fraction of sp³-hybridized carbons (Fsp3) is 0.400. The molecule has 24 heavy (non-hydrogen) atoms. The van der Waals surface area contributed by atoms with E-state index in [1.807, 2.05) is 25.1 Å². The van der Waals surface area contributed by atoms with Crippen LogP contribution in [0.2, 0.25) is 5.02 Å². The van der Waals surface area contributed by atoms with Crippen molar-refractivity contribution in [3.05, 3.63) is 45.6 Å². The molecule has 1 aliphatic heterocycles. The van der Waals surface area contributed by atoms with Gasteiger partial charge in [0.15, 0.2) is 4.21 Å². The zero-order valence-electron chi connectivity index (χ0n) is 13.3. The van der Waals surface area contributed by atoms with Gasteiger partial charge in [0.2, 0.25) is 0 Å². The number of aryl methyl sites for hydroxylation is 2. The number of nitrogens with one attached hydrogen (secondary N) is 1. The number of thiazole rings is 1. The molecule has 2 aromatic rings. The maximum absolute atomic E-state index is 13.1. The molecular weight excluding hydrogens is 389 g/mol. The van der Waals surface area contributed by atoms with Crippen LogP contribution in [0.25, 0.3) is 0 Å². The number of hydrogen-bond acceptors (Lipinski definition) is 5. The van der Waals surface area contributed by atoms with Gasteiger partial charge in [0.1, 0.15) is 0 Å². The van der Waals surface area contributed by atoms with Crippen LogP contribution in [0, 0.1) is 13.8 Å². The van der Waals surface area contributed by atoms with Crippen LogP contribution in [0.15, 0.2) is 28.5 Å². The van der Waals surface area contributed by atoms with Gasteiger partial charge < -0.3 is 5.32 Å². The SMILES string of the molecule is Cc1nc(C)c(S(=O)(=O)N2CCNCC2c2ccccc2Cl)s1.Cl. The number of piperazine rings is 1. The van der Waals surface area contributed by atoms with Crippen molar-refractivity contribution < 1.29 is 8.42 Å². The third-order valence-electron chi connectivity index (χ3n) is 3.86. The first kappa shape index (κ1) is 19.6. The molecule has 1 N–H and O–H groups in total. The predicted molar refractivity (Wildman–Crippen MR) is 99.8 cm³/mol. The zero-order chi connectivity index (χ0) is 16.6. The largest absolute Gasteiger partial charge is 0.313 e. The Morgan fingerprint density at radius 3 is 2.67 bits per heavy atom. The normalized spacial score (nSPS) is 19.0. The first-order valence-corrected chi connectivity index (χ1v) is 9.95. The molecule has 0 spiro atoms. The number of hydrogen-bond donors (Lipinski definition) is 1. The lowest BCUT2D eigenvalue weighted by Gasteiger charge is -2.35. The molecule has 0 aliphatic carbocycles. The molecule has 0 bridgehead atoms. The summed E-state index contributed by atoms with van der Waals surface area (Å²) in [5, 5.41) is 4.59. The van der Waals surface area contributed by atoms with E-state index < -0.39 is 10.0 Å². The van der Waals surface area contributed by atoms with Crippen molar-refractivity contribution in [2.45, 2.75) is 24.1 Å². The van der Waals surface area contributed by atoms with Gasteiger partial charge in [-0.1, -0.05) is 29.8 Å². The lowest BCUT2D eigenvalue weighted by Crippen LogP contribution is -2.48. The van der Waals surface area contributed by atoms with Crippen LogP contribution >= 0.6 is 35.3 Å². The van der Waals surface area contributed by atoms with Gasteiger partial charge in [0.25, 0.3) is 10.0 Å². The fourth-order valence-corrected chi connectivity index (χ4v) is 6.31. The molecule has 9 heteroatoms. The fourth-order valence-electron chi connectivity index (χ4n) is 2.84. The van der Waals surface area contributed by atoms with Gasteiger partial charge in [0.05, 0.1) is 16.7 Å². The number of benzene rings is 1. The van der Waals surface area contributed by atoms with E-state index in [1.54, 1.807) is 17.3 Å². The second-order valence-corrected chi connectivity index (χ2v) is 9.16. The minimum absolute atomic E-state index is 0. The van der Waals surface area contributed by atoms with Crippen LogP contribution in [0.3, 0.4) is 0 Å². The first-order valence-electron chi connectivity index (χ1n) is 7.32. The van der Waals surface area contributed by atoms with Gasteiger partial charge in [-0.15, -0.1) is 23.7 Å². The van der Waals surface area contributed by atoms with Crippen molar-refractivity contribution in [3.63, 3.8) is 0 Å². The minimum atomic E-state index is -3.60. The summed E-state index contributed by atoms with van der Waals surface area (Å²) in [6.07, 6.45) is 0. The van der Waals surface area contributed by atoms with Crippen LogP contribution in [0.4, 0.5) is 0 Å². The monoisotopic (exact) mass is 407 g/mol. The van der Waals surface area contributed by atoms with Crippen LogP contribution in [0.1, 0.15) is 22.3 Å². The summed E-state index contributed by atoms with van der Waals surface area (Å²) in [6, 6.07) is 7.08. The Morgan fingerprint density at radius 1 is 1.33 bits per heavy atom.